The molecule has 216 valence electrons. The lowest BCUT2D eigenvalue weighted by atomic mass is 9.70. The number of para-hydroxylation sites is 1. The number of carbonyl (C=O) groups is 3. The molecule has 2 amide bonds. The van der Waals surface area contributed by atoms with Gasteiger partial charge < -0.3 is 29.2 Å². The van der Waals surface area contributed by atoms with E-state index in [0.717, 1.165) is 17.7 Å². The molecule has 9 heteroatoms. The smallest absolute Gasteiger partial charge is 0.408 e. The Morgan fingerprint density at radius 3 is 2.41 bits per heavy atom. The number of nitrogens with one attached hydrogen (secondary N) is 1. The van der Waals surface area contributed by atoms with Crippen molar-refractivity contribution in [2.24, 2.45) is 11.8 Å². The van der Waals surface area contributed by atoms with Crippen LogP contribution in [0.25, 0.3) is 0 Å². The molecule has 39 heavy (non-hydrogen) atoms. The van der Waals surface area contributed by atoms with Gasteiger partial charge in [-0.15, -0.1) is 0 Å². The Kier molecular flexibility index (Phi) is 7.96. The fourth-order valence-corrected chi connectivity index (χ4v) is 5.88. The summed E-state index contributed by atoms with van der Waals surface area (Å²) in [5, 5.41) is 2.62. The Morgan fingerprint density at radius 1 is 1.08 bits per heavy atom. The summed E-state index contributed by atoms with van der Waals surface area (Å²) < 4.78 is 23.9. The predicted octanol–water partition coefficient (Wildman–Crippen LogP) is 4.78. The molecule has 2 fully saturated rings. The van der Waals surface area contributed by atoms with Crippen LogP contribution < -0.4 is 10.1 Å². The van der Waals surface area contributed by atoms with Crippen molar-refractivity contribution in [2.75, 3.05) is 13.1 Å². The summed E-state index contributed by atoms with van der Waals surface area (Å²) in [6.45, 7) is 15.7. The molecule has 4 rings (SSSR count). The minimum atomic E-state index is -1.09. The van der Waals surface area contributed by atoms with E-state index < -0.39 is 34.9 Å². The normalized spacial score (nSPS) is 26.6. The summed E-state index contributed by atoms with van der Waals surface area (Å²) in [6, 6.07) is 6.96. The molecule has 1 aromatic rings. The first kappa shape index (κ1) is 29.2. The zero-order valence-corrected chi connectivity index (χ0v) is 24.5. The molecule has 9 nitrogen and oxygen atoms in total. The van der Waals surface area contributed by atoms with Crippen LogP contribution in [0, 0.1) is 11.8 Å². The van der Waals surface area contributed by atoms with Crippen molar-refractivity contribution < 1.29 is 33.3 Å². The van der Waals surface area contributed by atoms with Gasteiger partial charge in [0, 0.05) is 30.5 Å². The van der Waals surface area contributed by atoms with Crippen molar-refractivity contribution in [3.05, 3.63) is 29.8 Å². The number of esters is 1. The van der Waals surface area contributed by atoms with Crippen molar-refractivity contribution in [1.82, 2.24) is 10.2 Å². The molecule has 3 heterocycles. The zero-order chi connectivity index (χ0) is 28.8. The highest BCUT2D eigenvalue weighted by Crippen LogP contribution is 2.52. The van der Waals surface area contributed by atoms with Crippen molar-refractivity contribution >= 4 is 18.0 Å². The van der Waals surface area contributed by atoms with Gasteiger partial charge in [-0.1, -0.05) is 18.2 Å². The number of carbonyl (C=O) groups excluding carboxylic acids is 3. The van der Waals surface area contributed by atoms with E-state index in [2.05, 4.69) is 25.2 Å². The third-order valence-corrected chi connectivity index (χ3v) is 7.49. The number of alkyl carbamates (subject to hydrolysis) is 1. The number of hydrogen-bond donors (Lipinski definition) is 1. The minimum Gasteiger partial charge on any atom is -0.487 e. The van der Waals surface area contributed by atoms with Gasteiger partial charge in [0.2, 0.25) is 5.91 Å². The van der Waals surface area contributed by atoms with E-state index in [4.69, 9.17) is 18.9 Å². The molecule has 0 aliphatic carbocycles. The van der Waals surface area contributed by atoms with E-state index in [1.165, 1.54) is 0 Å². The maximum Gasteiger partial charge on any atom is 0.408 e. The fourth-order valence-electron chi connectivity index (χ4n) is 5.88. The lowest BCUT2D eigenvalue weighted by Gasteiger charge is -2.53. The summed E-state index contributed by atoms with van der Waals surface area (Å²) >= 11 is 0. The van der Waals surface area contributed by atoms with Crippen LogP contribution in [0.3, 0.4) is 0 Å². The van der Waals surface area contributed by atoms with Crippen LogP contribution in [0.15, 0.2) is 24.3 Å². The number of hydrogen-bond acceptors (Lipinski definition) is 7. The van der Waals surface area contributed by atoms with Gasteiger partial charge in [-0.05, 0) is 74.3 Å². The molecule has 1 N–H and O–H groups in total. The average Bonchev–Trinajstić information content (AvgIpc) is 2.79. The summed E-state index contributed by atoms with van der Waals surface area (Å²) in [6.07, 6.45) is 0.454. The number of amides is 2. The van der Waals surface area contributed by atoms with Crippen molar-refractivity contribution in [2.45, 2.75) is 110 Å². The molecule has 0 unspecified atom stereocenters. The standard InChI is InChI=1S/C30H44N2O7/c1-28(2,3)38-24(33)16-21(31-27(35)39-29(4,5)6)26(34)32-14-13-22-18(17-32)15-20-25(36-22)19-11-9-10-12-23(19)37-30(20,7)8/h9-12,18,20-22,25H,13-17H2,1-8H3,(H,31,35)/t18-,20+,21-,22+,25-/m0/s1. The second kappa shape index (κ2) is 10.6. The highest BCUT2D eigenvalue weighted by Gasteiger charge is 2.51. The van der Waals surface area contributed by atoms with Gasteiger partial charge in [0.1, 0.15) is 28.6 Å². The van der Waals surface area contributed by atoms with Crippen molar-refractivity contribution in [3.63, 3.8) is 0 Å². The molecule has 3 aliphatic rings. The molecule has 5 atom stereocenters. The minimum absolute atomic E-state index is 0.0142. The predicted molar refractivity (Wildman–Crippen MR) is 145 cm³/mol. The summed E-state index contributed by atoms with van der Waals surface area (Å²) in [5.74, 6) is 0.224. The third-order valence-electron chi connectivity index (χ3n) is 7.49. The third kappa shape index (κ3) is 7.04. The van der Waals surface area contributed by atoms with Crippen LogP contribution in [0.2, 0.25) is 0 Å². The van der Waals surface area contributed by atoms with E-state index >= 15 is 0 Å². The molecule has 2 saturated heterocycles. The Balaban J connectivity index is 1.48. The molecule has 1 aromatic carbocycles. The Bertz CT molecular complexity index is 1060. The number of nitrogens with zero attached hydrogens (tertiary/aromatic N) is 1. The largest absolute Gasteiger partial charge is 0.487 e. The van der Waals surface area contributed by atoms with Gasteiger partial charge in [-0.25, -0.2) is 4.79 Å². The SMILES string of the molecule is CC(C)(C)OC(=O)C[C@H](NC(=O)OC(C)(C)C)C(=O)N1CC[C@H]2O[C@H]3c4ccccc4OC(C)(C)[C@@H]3C[C@H]2C1. The maximum atomic E-state index is 13.7. The summed E-state index contributed by atoms with van der Waals surface area (Å²) in [7, 11) is 0. The molecular weight excluding hydrogens is 500 g/mol. The number of piperidine rings is 1. The molecule has 0 bridgehead atoms. The topological polar surface area (TPSA) is 103 Å². The van der Waals surface area contributed by atoms with Crippen LogP contribution in [0.4, 0.5) is 4.79 Å². The zero-order valence-electron chi connectivity index (χ0n) is 24.5. The van der Waals surface area contributed by atoms with Crippen molar-refractivity contribution in [1.29, 1.82) is 0 Å². The Morgan fingerprint density at radius 2 is 1.74 bits per heavy atom. The van der Waals surface area contributed by atoms with Crippen LogP contribution in [-0.4, -0.2) is 64.9 Å². The summed E-state index contributed by atoms with van der Waals surface area (Å²) in [5.41, 5.74) is -0.796. The van der Waals surface area contributed by atoms with Crippen LogP contribution in [0.5, 0.6) is 5.75 Å². The quantitative estimate of drug-likeness (QED) is 0.544. The fraction of sp³-hybridized carbons (Fsp3) is 0.700. The van der Waals surface area contributed by atoms with Crippen LogP contribution >= 0.6 is 0 Å². The number of fused-ring (bicyclic) bond motifs is 4. The monoisotopic (exact) mass is 544 g/mol. The molecule has 0 spiro atoms. The number of likely N-dealkylation sites (tertiary alicyclic amines) is 1. The van der Waals surface area contributed by atoms with Crippen LogP contribution in [0.1, 0.15) is 86.3 Å². The Labute approximate surface area is 231 Å². The molecule has 0 aromatic heterocycles. The molecular formula is C30H44N2O7. The molecule has 0 saturated carbocycles. The number of rotatable bonds is 4. The highest BCUT2D eigenvalue weighted by molar-refractivity contribution is 5.89. The van der Waals surface area contributed by atoms with E-state index in [-0.39, 0.29) is 36.4 Å². The number of ether oxygens (including phenoxy) is 4. The van der Waals surface area contributed by atoms with Gasteiger partial charge in [0.15, 0.2) is 0 Å². The molecule has 3 aliphatic heterocycles. The lowest BCUT2D eigenvalue weighted by Crippen LogP contribution is -2.58. The van der Waals surface area contributed by atoms with Gasteiger partial charge in [-0.3, -0.25) is 9.59 Å². The van der Waals surface area contributed by atoms with Gasteiger partial charge in [0.05, 0.1) is 18.6 Å². The average molecular weight is 545 g/mol. The molecule has 0 radical (unpaired) electrons. The van der Waals surface area contributed by atoms with E-state index in [0.29, 0.717) is 19.5 Å². The number of benzene rings is 1. The Hall–Kier alpha value is -2.81. The van der Waals surface area contributed by atoms with E-state index in [1.54, 1.807) is 46.4 Å². The van der Waals surface area contributed by atoms with Gasteiger partial charge in [0.25, 0.3) is 0 Å². The highest BCUT2D eigenvalue weighted by atomic mass is 16.6. The van der Waals surface area contributed by atoms with Crippen LogP contribution in [-0.2, 0) is 23.8 Å². The van der Waals surface area contributed by atoms with Gasteiger partial charge in [-0.2, -0.15) is 0 Å². The summed E-state index contributed by atoms with van der Waals surface area (Å²) in [4.78, 5) is 40.7. The first-order valence-corrected chi connectivity index (χ1v) is 14.0. The van der Waals surface area contributed by atoms with Crippen molar-refractivity contribution in [3.8, 4) is 5.75 Å². The van der Waals surface area contributed by atoms with E-state index in [1.807, 2.05) is 18.2 Å². The first-order valence-electron chi connectivity index (χ1n) is 14.0. The van der Waals surface area contributed by atoms with E-state index in [9.17, 15) is 14.4 Å². The first-order chi connectivity index (χ1) is 18.0. The maximum absolute atomic E-state index is 13.7. The second-order valence-electron chi connectivity index (χ2n) is 13.5. The second-order valence-corrected chi connectivity index (χ2v) is 13.5. The lowest BCUT2D eigenvalue weighted by molar-refractivity contribution is -0.189. The van der Waals surface area contributed by atoms with Gasteiger partial charge >= 0.3 is 12.1 Å².